The van der Waals surface area contributed by atoms with Gasteiger partial charge in [-0.2, -0.15) is 13.2 Å². The number of amides is 1. The van der Waals surface area contributed by atoms with E-state index < -0.39 is 29.6 Å². The number of unbranched alkanes of at least 4 members (excludes halogenated alkanes) is 1. The van der Waals surface area contributed by atoms with Crippen molar-refractivity contribution >= 4 is 17.3 Å². The predicted octanol–water partition coefficient (Wildman–Crippen LogP) is 11.8. The topological polar surface area (TPSA) is 50.4 Å². The fraction of sp³-hybridized carbons (Fsp3) is 0.410. The van der Waals surface area contributed by atoms with Gasteiger partial charge in [-0.05, 0) is 73.4 Å². The lowest BCUT2D eigenvalue weighted by atomic mass is 9.99. The number of anilines is 2. The lowest BCUT2D eigenvalue weighted by Gasteiger charge is -2.22. The van der Waals surface area contributed by atoms with Gasteiger partial charge in [-0.15, -0.1) is 0 Å². The summed E-state index contributed by atoms with van der Waals surface area (Å²) in [5.41, 5.74) is 0.617. The molecule has 47 heavy (non-hydrogen) atoms. The maximum atomic E-state index is 16.0. The third-order valence-electron chi connectivity index (χ3n) is 6.92. The van der Waals surface area contributed by atoms with E-state index in [9.17, 15) is 18.0 Å². The molecule has 1 unspecified atom stereocenters. The second-order valence-corrected chi connectivity index (χ2v) is 10.5. The average molecular weight is 657 g/mol. The smallest absolute Gasteiger partial charge is 0.368 e. The zero-order chi connectivity index (χ0) is 35.4. The SMILES string of the molecule is C=C/C=C(\C=C)C(OCC1CC1)c1cccc(NC(=O)/C(=C/C(=C/CC)C(F)(F)F)Nc2cccc(CCCC)c2)c1F.CC.CC. The first-order chi connectivity index (χ1) is 22.6. The number of allylic oxidation sites excluding steroid dienone is 5. The van der Waals surface area contributed by atoms with Crippen molar-refractivity contribution in [3.63, 3.8) is 0 Å². The number of ether oxygens (including phenoxy) is 1. The van der Waals surface area contributed by atoms with Gasteiger partial charge in [-0.3, -0.25) is 4.79 Å². The quantitative estimate of drug-likeness (QED) is 0.107. The summed E-state index contributed by atoms with van der Waals surface area (Å²) in [6, 6.07) is 11.6. The molecule has 0 bridgehead atoms. The van der Waals surface area contributed by atoms with E-state index in [1.165, 1.54) is 6.07 Å². The van der Waals surface area contributed by atoms with Crippen molar-refractivity contribution in [2.24, 2.45) is 5.92 Å². The van der Waals surface area contributed by atoms with Crippen LogP contribution in [0.2, 0.25) is 0 Å². The Morgan fingerprint density at radius 3 is 2.30 bits per heavy atom. The van der Waals surface area contributed by atoms with Crippen molar-refractivity contribution in [2.75, 3.05) is 17.2 Å². The Hall–Kier alpha value is -3.91. The third kappa shape index (κ3) is 13.8. The predicted molar refractivity (Wildman–Crippen MR) is 189 cm³/mol. The number of hydrogen-bond acceptors (Lipinski definition) is 3. The fourth-order valence-electron chi connectivity index (χ4n) is 4.45. The molecule has 0 radical (unpaired) electrons. The van der Waals surface area contributed by atoms with Gasteiger partial charge < -0.3 is 15.4 Å². The minimum absolute atomic E-state index is 0.107. The summed E-state index contributed by atoms with van der Waals surface area (Å²) in [7, 11) is 0. The van der Waals surface area contributed by atoms with Crippen LogP contribution < -0.4 is 10.6 Å². The van der Waals surface area contributed by atoms with E-state index >= 15 is 4.39 Å². The Balaban J connectivity index is 0.00000265. The Kier molecular flexibility index (Phi) is 19.1. The van der Waals surface area contributed by atoms with Crippen LogP contribution in [0.25, 0.3) is 0 Å². The summed E-state index contributed by atoms with van der Waals surface area (Å²) in [5.74, 6) is -1.28. The largest absolute Gasteiger partial charge is 0.416 e. The van der Waals surface area contributed by atoms with Crippen LogP contribution in [-0.2, 0) is 16.0 Å². The molecule has 2 aromatic carbocycles. The van der Waals surface area contributed by atoms with Crippen LogP contribution in [-0.4, -0.2) is 18.7 Å². The molecular weight excluding hydrogens is 604 g/mol. The van der Waals surface area contributed by atoms with Crippen LogP contribution in [0.5, 0.6) is 0 Å². The van der Waals surface area contributed by atoms with Gasteiger partial charge in [0.2, 0.25) is 0 Å². The van der Waals surface area contributed by atoms with Gasteiger partial charge in [-0.1, -0.05) is 110 Å². The maximum absolute atomic E-state index is 16.0. The van der Waals surface area contributed by atoms with Crippen LogP contribution in [0.3, 0.4) is 0 Å². The molecule has 1 aliphatic carbocycles. The molecule has 1 aliphatic rings. The summed E-state index contributed by atoms with van der Waals surface area (Å²) >= 11 is 0. The number of nitrogens with one attached hydrogen (secondary N) is 2. The molecule has 0 aliphatic heterocycles. The number of carbonyl (C=O) groups excluding carboxylic acids is 1. The van der Waals surface area contributed by atoms with Crippen LogP contribution >= 0.6 is 0 Å². The first kappa shape index (κ1) is 41.1. The number of alkyl halides is 3. The van der Waals surface area contributed by atoms with Gasteiger partial charge in [0.1, 0.15) is 11.8 Å². The summed E-state index contributed by atoms with van der Waals surface area (Å²) < 4.78 is 63.6. The standard InChI is InChI=1S/C35H40F4N2O2.2C2H6/c1-5-9-14-24-15-10-16-28(21-24)40-31(22-27(13-7-3)35(37,38)39)34(42)41-30-18-11-17-29(32(30)36)33(26(8-4)12-6-2)43-23-25-19-20-25;2*1-2/h6,8,10-13,15-18,21-22,25,33,40H,2,4-5,7,9,14,19-20,23H2,1,3H3,(H,41,42);2*1-2H3/b26-12+,27-13-,31-22-;;. The van der Waals surface area contributed by atoms with E-state index in [0.717, 1.165) is 49.8 Å². The highest BCUT2D eigenvalue weighted by molar-refractivity contribution is 6.06. The molecule has 0 spiro atoms. The lowest BCUT2D eigenvalue weighted by Crippen LogP contribution is -2.23. The molecule has 4 nitrogen and oxygen atoms in total. The lowest BCUT2D eigenvalue weighted by molar-refractivity contribution is -0.112. The van der Waals surface area contributed by atoms with Gasteiger partial charge in [0, 0.05) is 11.3 Å². The van der Waals surface area contributed by atoms with Gasteiger partial charge in [0.05, 0.1) is 17.9 Å². The molecule has 0 heterocycles. The minimum Gasteiger partial charge on any atom is -0.368 e. The highest BCUT2D eigenvalue weighted by Gasteiger charge is 2.33. The number of rotatable bonds is 16. The van der Waals surface area contributed by atoms with Gasteiger partial charge >= 0.3 is 6.18 Å². The molecule has 2 aromatic rings. The first-order valence-corrected chi connectivity index (χ1v) is 16.6. The molecule has 0 saturated heterocycles. The molecule has 258 valence electrons. The fourth-order valence-corrected chi connectivity index (χ4v) is 4.45. The normalized spacial score (nSPS) is 14.1. The number of halogens is 4. The molecule has 1 fully saturated rings. The third-order valence-corrected chi connectivity index (χ3v) is 6.92. The molecule has 8 heteroatoms. The van der Waals surface area contributed by atoms with E-state index in [-0.39, 0.29) is 23.4 Å². The van der Waals surface area contributed by atoms with Crippen molar-refractivity contribution < 1.29 is 27.1 Å². The monoisotopic (exact) mass is 656 g/mol. The molecule has 2 N–H and O–H groups in total. The Morgan fingerprint density at radius 2 is 1.72 bits per heavy atom. The molecular formula is C39H52F4N2O2. The van der Waals surface area contributed by atoms with Crippen LogP contribution in [0.15, 0.2) is 103 Å². The summed E-state index contributed by atoms with van der Waals surface area (Å²) in [5, 5.41) is 5.32. The average Bonchev–Trinajstić information content (AvgIpc) is 3.90. The first-order valence-electron chi connectivity index (χ1n) is 16.6. The molecule has 0 aromatic heterocycles. The molecule has 1 saturated carbocycles. The molecule has 1 amide bonds. The van der Waals surface area contributed by atoms with Gasteiger partial charge in [-0.25, -0.2) is 4.39 Å². The van der Waals surface area contributed by atoms with Gasteiger partial charge in [0.15, 0.2) is 5.82 Å². The van der Waals surface area contributed by atoms with Crippen molar-refractivity contribution in [3.05, 3.63) is 120 Å². The van der Waals surface area contributed by atoms with E-state index in [4.69, 9.17) is 4.74 Å². The zero-order valence-electron chi connectivity index (χ0n) is 28.8. The Bertz CT molecular complexity index is 1370. The number of benzene rings is 2. The van der Waals surface area contributed by atoms with E-state index in [1.54, 1.807) is 55.5 Å². The Labute approximate surface area is 279 Å². The minimum atomic E-state index is -4.69. The van der Waals surface area contributed by atoms with Crippen molar-refractivity contribution in [3.8, 4) is 0 Å². The molecule has 3 rings (SSSR count). The van der Waals surface area contributed by atoms with Crippen molar-refractivity contribution in [1.82, 2.24) is 0 Å². The van der Waals surface area contributed by atoms with Gasteiger partial charge in [0.25, 0.3) is 5.91 Å². The van der Waals surface area contributed by atoms with Crippen molar-refractivity contribution in [1.29, 1.82) is 0 Å². The Morgan fingerprint density at radius 1 is 1.04 bits per heavy atom. The van der Waals surface area contributed by atoms with E-state index in [0.29, 0.717) is 23.8 Å². The molecule has 1 atom stereocenters. The maximum Gasteiger partial charge on any atom is 0.416 e. The van der Waals surface area contributed by atoms with Crippen LogP contribution in [0, 0.1) is 11.7 Å². The van der Waals surface area contributed by atoms with Crippen molar-refractivity contribution in [2.45, 2.75) is 92.3 Å². The number of carbonyl (C=O) groups is 1. The van der Waals surface area contributed by atoms with E-state index in [2.05, 4.69) is 30.7 Å². The summed E-state index contributed by atoms with van der Waals surface area (Å²) in [6.45, 7) is 19.6. The number of hydrogen-bond donors (Lipinski definition) is 2. The summed E-state index contributed by atoms with van der Waals surface area (Å²) in [4.78, 5) is 13.5. The number of aryl methyl sites for hydroxylation is 1. The second kappa shape index (κ2) is 21.8. The van der Waals surface area contributed by atoms with Crippen LogP contribution in [0.1, 0.15) is 90.9 Å². The summed E-state index contributed by atoms with van der Waals surface area (Å²) in [6.07, 6.45) is 5.93. The van der Waals surface area contributed by atoms with E-state index in [1.807, 2.05) is 33.8 Å². The highest BCUT2D eigenvalue weighted by Crippen LogP contribution is 2.36. The second-order valence-electron chi connectivity index (χ2n) is 10.5. The zero-order valence-corrected chi connectivity index (χ0v) is 28.8. The highest BCUT2D eigenvalue weighted by atomic mass is 19.4. The van der Waals surface area contributed by atoms with Crippen LogP contribution in [0.4, 0.5) is 28.9 Å².